The molecular weight excluding hydrogens is 368 g/mol. The SMILES string of the molecule is CCNC(=NCC(c1ccc(OC)cc1)N1CCCC1)NCCCCC(=O)OC. The van der Waals surface area contributed by atoms with Crippen molar-refractivity contribution >= 4 is 11.9 Å². The Kier molecular flexibility index (Phi) is 10.3. The van der Waals surface area contributed by atoms with Crippen molar-refractivity contribution in [3.8, 4) is 5.75 Å². The maximum Gasteiger partial charge on any atom is 0.305 e. The maximum absolute atomic E-state index is 11.2. The van der Waals surface area contributed by atoms with Gasteiger partial charge in [0.05, 0.1) is 26.8 Å². The summed E-state index contributed by atoms with van der Waals surface area (Å²) >= 11 is 0. The zero-order valence-corrected chi connectivity index (χ0v) is 18.1. The number of guanidine groups is 1. The van der Waals surface area contributed by atoms with Gasteiger partial charge in [0.2, 0.25) is 0 Å². The molecule has 2 N–H and O–H groups in total. The summed E-state index contributed by atoms with van der Waals surface area (Å²) in [4.78, 5) is 18.6. The van der Waals surface area contributed by atoms with Gasteiger partial charge in [-0.25, -0.2) is 0 Å². The number of benzene rings is 1. The predicted octanol–water partition coefficient (Wildman–Crippen LogP) is 2.73. The zero-order valence-electron chi connectivity index (χ0n) is 18.1. The predicted molar refractivity (Wildman–Crippen MR) is 116 cm³/mol. The minimum atomic E-state index is -0.154. The molecule has 0 bridgehead atoms. The van der Waals surface area contributed by atoms with Gasteiger partial charge in [-0.1, -0.05) is 12.1 Å². The Morgan fingerprint density at radius 2 is 1.86 bits per heavy atom. The zero-order chi connectivity index (χ0) is 20.9. The molecule has 1 aromatic rings. The number of rotatable bonds is 11. The van der Waals surface area contributed by atoms with Gasteiger partial charge in [0.1, 0.15) is 5.75 Å². The number of ether oxygens (including phenoxy) is 2. The first-order valence-electron chi connectivity index (χ1n) is 10.6. The summed E-state index contributed by atoms with van der Waals surface area (Å²) < 4.78 is 9.98. The van der Waals surface area contributed by atoms with Crippen LogP contribution in [0.4, 0.5) is 0 Å². The number of likely N-dealkylation sites (tertiary alicyclic amines) is 1. The third-order valence-corrected chi connectivity index (χ3v) is 5.18. The third-order valence-electron chi connectivity index (χ3n) is 5.18. The van der Waals surface area contributed by atoms with Crippen molar-refractivity contribution in [2.75, 3.05) is 46.9 Å². The molecule has 0 saturated carbocycles. The van der Waals surface area contributed by atoms with Gasteiger partial charge in [-0.15, -0.1) is 0 Å². The number of unbranched alkanes of at least 4 members (excludes halogenated alkanes) is 1. The van der Waals surface area contributed by atoms with Gasteiger partial charge in [0.25, 0.3) is 0 Å². The van der Waals surface area contributed by atoms with E-state index in [0.717, 1.165) is 50.7 Å². The van der Waals surface area contributed by atoms with Crippen LogP contribution in [0.5, 0.6) is 5.75 Å². The maximum atomic E-state index is 11.2. The molecule has 7 heteroatoms. The van der Waals surface area contributed by atoms with Crippen molar-refractivity contribution in [2.24, 2.45) is 4.99 Å². The van der Waals surface area contributed by atoms with Gasteiger partial charge in [-0.05, 0) is 63.4 Å². The average Bonchev–Trinajstić information content (AvgIpc) is 3.28. The molecule has 162 valence electrons. The molecule has 1 saturated heterocycles. The average molecular weight is 405 g/mol. The van der Waals surface area contributed by atoms with Crippen molar-refractivity contribution in [3.63, 3.8) is 0 Å². The molecule has 0 amide bonds. The Morgan fingerprint density at radius 1 is 1.14 bits per heavy atom. The summed E-state index contributed by atoms with van der Waals surface area (Å²) in [5.41, 5.74) is 1.27. The van der Waals surface area contributed by atoms with E-state index in [4.69, 9.17) is 9.73 Å². The number of esters is 1. The van der Waals surface area contributed by atoms with E-state index in [1.54, 1.807) is 7.11 Å². The first-order valence-corrected chi connectivity index (χ1v) is 10.6. The van der Waals surface area contributed by atoms with Crippen LogP contribution in [0.3, 0.4) is 0 Å². The monoisotopic (exact) mass is 404 g/mol. The first kappa shape index (κ1) is 23.0. The number of aliphatic imine (C=N–C) groups is 1. The Morgan fingerprint density at radius 3 is 2.48 bits per heavy atom. The van der Waals surface area contributed by atoms with Crippen LogP contribution < -0.4 is 15.4 Å². The Hall–Kier alpha value is -2.28. The van der Waals surface area contributed by atoms with E-state index in [2.05, 4.69) is 39.3 Å². The quantitative estimate of drug-likeness (QED) is 0.256. The second-order valence-electron chi connectivity index (χ2n) is 7.21. The van der Waals surface area contributed by atoms with Crippen LogP contribution in [-0.4, -0.2) is 63.8 Å². The smallest absolute Gasteiger partial charge is 0.305 e. The van der Waals surface area contributed by atoms with E-state index >= 15 is 0 Å². The Labute approximate surface area is 174 Å². The largest absolute Gasteiger partial charge is 0.497 e. The lowest BCUT2D eigenvalue weighted by Crippen LogP contribution is -2.39. The van der Waals surface area contributed by atoms with E-state index in [9.17, 15) is 4.79 Å². The van der Waals surface area contributed by atoms with Crippen molar-refractivity contribution in [3.05, 3.63) is 29.8 Å². The molecule has 0 aromatic heterocycles. The van der Waals surface area contributed by atoms with E-state index < -0.39 is 0 Å². The molecule has 0 radical (unpaired) electrons. The normalized spacial score (nSPS) is 15.8. The molecule has 1 aliphatic rings. The second-order valence-corrected chi connectivity index (χ2v) is 7.21. The second kappa shape index (κ2) is 13.0. The fourth-order valence-electron chi connectivity index (χ4n) is 3.53. The first-order chi connectivity index (χ1) is 14.2. The fraction of sp³-hybridized carbons (Fsp3) is 0.636. The number of hydrogen-bond donors (Lipinski definition) is 2. The highest BCUT2D eigenvalue weighted by Crippen LogP contribution is 2.27. The van der Waals surface area contributed by atoms with Crippen molar-refractivity contribution in [2.45, 2.75) is 45.1 Å². The van der Waals surface area contributed by atoms with Crippen molar-refractivity contribution in [1.29, 1.82) is 0 Å². The molecule has 1 unspecified atom stereocenters. The van der Waals surface area contributed by atoms with E-state index in [-0.39, 0.29) is 12.0 Å². The molecule has 2 rings (SSSR count). The van der Waals surface area contributed by atoms with Crippen LogP contribution >= 0.6 is 0 Å². The summed E-state index contributed by atoms with van der Waals surface area (Å²) in [6.07, 6.45) is 4.65. The van der Waals surface area contributed by atoms with Gasteiger partial charge in [0, 0.05) is 19.5 Å². The molecule has 1 aliphatic heterocycles. The summed E-state index contributed by atoms with van der Waals surface area (Å²) in [5, 5.41) is 6.69. The number of hydrogen-bond acceptors (Lipinski definition) is 5. The highest BCUT2D eigenvalue weighted by Gasteiger charge is 2.23. The van der Waals surface area contributed by atoms with Gasteiger partial charge >= 0.3 is 5.97 Å². The minimum absolute atomic E-state index is 0.154. The number of methoxy groups -OCH3 is 2. The number of nitrogens with one attached hydrogen (secondary N) is 2. The lowest BCUT2D eigenvalue weighted by molar-refractivity contribution is -0.140. The Bertz CT molecular complexity index is 627. The summed E-state index contributed by atoms with van der Waals surface area (Å²) in [6.45, 7) is 6.58. The summed E-state index contributed by atoms with van der Waals surface area (Å²) in [6, 6.07) is 8.59. The van der Waals surface area contributed by atoms with Crippen LogP contribution in [-0.2, 0) is 9.53 Å². The van der Waals surface area contributed by atoms with Crippen LogP contribution in [0.2, 0.25) is 0 Å². The van der Waals surface area contributed by atoms with Crippen LogP contribution in [0, 0.1) is 0 Å². The van der Waals surface area contributed by atoms with Gasteiger partial charge in [-0.3, -0.25) is 14.7 Å². The summed E-state index contributed by atoms with van der Waals surface area (Å²) in [7, 11) is 3.12. The standard InChI is InChI=1S/C22H36N4O3/c1-4-23-22(24-14-6-5-9-21(27)29-3)25-17-20(26-15-7-8-16-26)18-10-12-19(28-2)13-11-18/h10-13,20H,4-9,14-17H2,1-3H3,(H2,23,24,25). The summed E-state index contributed by atoms with van der Waals surface area (Å²) in [5.74, 6) is 1.54. The van der Waals surface area contributed by atoms with Crippen molar-refractivity contribution < 1.29 is 14.3 Å². The number of carbonyl (C=O) groups excluding carboxylic acids is 1. The van der Waals surface area contributed by atoms with Gasteiger partial charge < -0.3 is 20.1 Å². The lowest BCUT2D eigenvalue weighted by Gasteiger charge is -2.27. The molecule has 1 atom stereocenters. The molecule has 1 heterocycles. The van der Waals surface area contributed by atoms with E-state index in [1.807, 2.05) is 12.1 Å². The fourth-order valence-corrected chi connectivity index (χ4v) is 3.53. The van der Waals surface area contributed by atoms with E-state index in [0.29, 0.717) is 13.0 Å². The topological polar surface area (TPSA) is 75.2 Å². The number of nitrogens with zero attached hydrogens (tertiary/aromatic N) is 2. The van der Waals surface area contributed by atoms with Crippen molar-refractivity contribution in [1.82, 2.24) is 15.5 Å². The minimum Gasteiger partial charge on any atom is -0.497 e. The Balaban J connectivity index is 1.96. The van der Waals surface area contributed by atoms with E-state index in [1.165, 1.54) is 25.5 Å². The molecule has 0 aliphatic carbocycles. The molecular formula is C22H36N4O3. The molecule has 29 heavy (non-hydrogen) atoms. The highest BCUT2D eigenvalue weighted by molar-refractivity contribution is 5.79. The van der Waals surface area contributed by atoms with Gasteiger partial charge in [-0.2, -0.15) is 0 Å². The van der Waals surface area contributed by atoms with Crippen LogP contribution in [0.25, 0.3) is 0 Å². The lowest BCUT2D eigenvalue weighted by atomic mass is 10.1. The molecule has 7 nitrogen and oxygen atoms in total. The van der Waals surface area contributed by atoms with Crippen LogP contribution in [0.1, 0.15) is 50.6 Å². The third kappa shape index (κ3) is 7.93. The molecule has 0 spiro atoms. The van der Waals surface area contributed by atoms with Gasteiger partial charge in [0.15, 0.2) is 5.96 Å². The number of carbonyl (C=O) groups is 1. The highest BCUT2D eigenvalue weighted by atomic mass is 16.5. The molecule has 1 aromatic carbocycles. The molecule has 1 fully saturated rings. The van der Waals surface area contributed by atoms with Crippen LogP contribution in [0.15, 0.2) is 29.3 Å².